The van der Waals surface area contributed by atoms with Gasteiger partial charge < -0.3 is 5.32 Å². The Morgan fingerprint density at radius 3 is 2.40 bits per heavy atom. The van der Waals surface area contributed by atoms with Crippen LogP contribution in [0.1, 0.15) is 57.0 Å². The minimum atomic E-state index is 0.0997. The van der Waals surface area contributed by atoms with Gasteiger partial charge in [-0.15, -0.1) is 0 Å². The lowest BCUT2D eigenvalue weighted by atomic mass is 9.86. The van der Waals surface area contributed by atoms with E-state index in [1.165, 1.54) is 11.1 Å². The predicted octanol–water partition coefficient (Wildman–Crippen LogP) is 3.19. The van der Waals surface area contributed by atoms with E-state index in [2.05, 4.69) is 72.7 Å². The van der Waals surface area contributed by atoms with E-state index in [0.717, 1.165) is 18.7 Å². The third kappa shape index (κ3) is 3.45. The van der Waals surface area contributed by atoms with Gasteiger partial charge in [0.2, 0.25) is 0 Å². The second-order valence-electron chi connectivity index (χ2n) is 6.15. The molecule has 0 radical (unpaired) electrons. The first kappa shape index (κ1) is 14.7. The van der Waals surface area contributed by atoms with Gasteiger partial charge in [0.05, 0.1) is 12.2 Å². The number of nitrogens with one attached hydrogen (secondary N) is 2. The second kappa shape index (κ2) is 6.18. The van der Waals surface area contributed by atoms with E-state index in [1.807, 2.05) is 0 Å². The molecule has 0 bridgehead atoms. The third-order valence-corrected chi connectivity index (χ3v) is 3.44. The van der Waals surface area contributed by atoms with Gasteiger partial charge in [0.15, 0.2) is 0 Å². The van der Waals surface area contributed by atoms with E-state index in [9.17, 15) is 0 Å². The molecule has 0 aliphatic carbocycles. The van der Waals surface area contributed by atoms with Gasteiger partial charge in [-0.2, -0.15) is 15.4 Å². The van der Waals surface area contributed by atoms with Crippen molar-refractivity contribution in [2.45, 2.75) is 45.6 Å². The van der Waals surface area contributed by atoms with Gasteiger partial charge in [0.1, 0.15) is 5.69 Å². The van der Waals surface area contributed by atoms with Crippen LogP contribution in [0.5, 0.6) is 0 Å². The standard InChI is InChI=1S/C16H24N4/c1-5-10-17-15(14-11-18-20-19-14)12-6-8-13(9-7-12)16(2,3)4/h6-9,11,15,17H,5,10H2,1-4H3,(H,18,19,20). The topological polar surface area (TPSA) is 53.6 Å². The molecule has 0 saturated carbocycles. The van der Waals surface area contributed by atoms with Gasteiger partial charge in [0, 0.05) is 0 Å². The largest absolute Gasteiger partial charge is 0.305 e. The minimum absolute atomic E-state index is 0.0997. The number of rotatable bonds is 5. The van der Waals surface area contributed by atoms with Crippen molar-refractivity contribution >= 4 is 0 Å². The highest BCUT2D eigenvalue weighted by molar-refractivity contribution is 5.32. The lowest BCUT2D eigenvalue weighted by Crippen LogP contribution is -2.23. The maximum atomic E-state index is 4.22. The summed E-state index contributed by atoms with van der Waals surface area (Å²) < 4.78 is 0. The summed E-state index contributed by atoms with van der Waals surface area (Å²) in [5, 5.41) is 14.4. The molecular formula is C16H24N4. The van der Waals surface area contributed by atoms with E-state index in [1.54, 1.807) is 6.20 Å². The summed E-state index contributed by atoms with van der Waals surface area (Å²) in [6.45, 7) is 9.81. The molecule has 4 nitrogen and oxygen atoms in total. The molecule has 2 N–H and O–H groups in total. The fraction of sp³-hybridized carbons (Fsp3) is 0.500. The summed E-state index contributed by atoms with van der Waals surface area (Å²) in [7, 11) is 0. The molecular weight excluding hydrogens is 248 g/mol. The van der Waals surface area contributed by atoms with E-state index in [4.69, 9.17) is 0 Å². The lowest BCUT2D eigenvalue weighted by molar-refractivity contribution is 0.577. The maximum absolute atomic E-state index is 4.22. The number of nitrogens with zero attached hydrogens (tertiary/aromatic N) is 2. The van der Waals surface area contributed by atoms with Gasteiger partial charge in [-0.05, 0) is 29.5 Å². The van der Waals surface area contributed by atoms with Crippen LogP contribution in [0.4, 0.5) is 0 Å². The van der Waals surface area contributed by atoms with E-state index < -0.39 is 0 Å². The van der Waals surface area contributed by atoms with Crippen LogP contribution < -0.4 is 5.32 Å². The Morgan fingerprint density at radius 1 is 1.20 bits per heavy atom. The first-order valence-corrected chi connectivity index (χ1v) is 7.22. The number of H-pyrrole nitrogens is 1. The van der Waals surface area contributed by atoms with Crippen LogP contribution in [0.25, 0.3) is 0 Å². The monoisotopic (exact) mass is 272 g/mol. The first-order valence-electron chi connectivity index (χ1n) is 7.22. The molecule has 1 atom stereocenters. The summed E-state index contributed by atoms with van der Waals surface area (Å²) in [6.07, 6.45) is 2.87. The molecule has 0 saturated heterocycles. The van der Waals surface area contributed by atoms with Crippen molar-refractivity contribution in [3.05, 3.63) is 47.3 Å². The number of aromatic nitrogens is 3. The zero-order chi connectivity index (χ0) is 14.6. The van der Waals surface area contributed by atoms with Crippen molar-refractivity contribution in [3.63, 3.8) is 0 Å². The number of aromatic amines is 1. The Bertz CT molecular complexity index is 508. The Labute approximate surface area is 121 Å². The van der Waals surface area contributed by atoms with E-state index in [-0.39, 0.29) is 11.5 Å². The molecule has 0 aliphatic rings. The molecule has 0 amide bonds. The Hall–Kier alpha value is -1.68. The van der Waals surface area contributed by atoms with Crippen LogP contribution in [0.2, 0.25) is 0 Å². The normalized spacial score (nSPS) is 13.4. The number of hydrogen-bond donors (Lipinski definition) is 2. The lowest BCUT2D eigenvalue weighted by Gasteiger charge is -2.21. The predicted molar refractivity (Wildman–Crippen MR) is 81.7 cm³/mol. The Balaban J connectivity index is 2.25. The summed E-state index contributed by atoms with van der Waals surface area (Å²) in [5.74, 6) is 0. The summed E-state index contributed by atoms with van der Waals surface area (Å²) in [5.41, 5.74) is 3.68. The molecule has 0 spiro atoms. The van der Waals surface area contributed by atoms with Crippen LogP contribution >= 0.6 is 0 Å². The molecule has 1 aromatic carbocycles. The van der Waals surface area contributed by atoms with Gasteiger partial charge in [0.25, 0.3) is 0 Å². The molecule has 2 aromatic rings. The van der Waals surface area contributed by atoms with Gasteiger partial charge in [-0.3, -0.25) is 0 Å². The van der Waals surface area contributed by atoms with Crippen molar-refractivity contribution in [1.82, 2.24) is 20.7 Å². The van der Waals surface area contributed by atoms with Crippen LogP contribution in [0, 0.1) is 0 Å². The van der Waals surface area contributed by atoms with Crippen molar-refractivity contribution in [1.29, 1.82) is 0 Å². The molecule has 108 valence electrons. The number of hydrogen-bond acceptors (Lipinski definition) is 3. The SMILES string of the molecule is CCCNC(c1ccc(C(C)(C)C)cc1)c1cn[nH]n1. The van der Waals surface area contributed by atoms with Gasteiger partial charge in [-0.25, -0.2) is 0 Å². The van der Waals surface area contributed by atoms with Crippen molar-refractivity contribution in [2.24, 2.45) is 0 Å². The van der Waals surface area contributed by atoms with Crippen molar-refractivity contribution in [2.75, 3.05) is 6.54 Å². The van der Waals surface area contributed by atoms with Gasteiger partial charge >= 0.3 is 0 Å². The van der Waals surface area contributed by atoms with E-state index >= 15 is 0 Å². The second-order valence-corrected chi connectivity index (χ2v) is 6.15. The van der Waals surface area contributed by atoms with Crippen molar-refractivity contribution < 1.29 is 0 Å². The fourth-order valence-electron chi connectivity index (χ4n) is 2.21. The molecule has 0 aliphatic heterocycles. The molecule has 20 heavy (non-hydrogen) atoms. The van der Waals surface area contributed by atoms with Crippen LogP contribution in [-0.2, 0) is 5.41 Å². The molecule has 1 aromatic heterocycles. The molecule has 4 heteroatoms. The average molecular weight is 272 g/mol. The number of benzene rings is 1. The van der Waals surface area contributed by atoms with Crippen LogP contribution in [0.15, 0.2) is 30.5 Å². The first-order chi connectivity index (χ1) is 9.52. The summed E-state index contributed by atoms with van der Waals surface area (Å²) >= 11 is 0. The molecule has 1 unspecified atom stereocenters. The molecule has 0 fully saturated rings. The summed E-state index contributed by atoms with van der Waals surface area (Å²) in [4.78, 5) is 0. The van der Waals surface area contributed by atoms with Crippen LogP contribution in [0.3, 0.4) is 0 Å². The van der Waals surface area contributed by atoms with Gasteiger partial charge in [-0.1, -0.05) is 52.0 Å². The Morgan fingerprint density at radius 2 is 1.90 bits per heavy atom. The molecule has 1 heterocycles. The zero-order valence-electron chi connectivity index (χ0n) is 12.8. The summed E-state index contributed by atoms with van der Waals surface area (Å²) in [6, 6.07) is 8.87. The molecule has 2 rings (SSSR count). The Kier molecular flexibility index (Phi) is 4.55. The minimum Gasteiger partial charge on any atom is -0.305 e. The van der Waals surface area contributed by atoms with E-state index in [0.29, 0.717) is 0 Å². The average Bonchev–Trinajstić information content (AvgIpc) is 2.93. The quantitative estimate of drug-likeness (QED) is 0.879. The van der Waals surface area contributed by atoms with Crippen molar-refractivity contribution in [3.8, 4) is 0 Å². The smallest absolute Gasteiger partial charge is 0.104 e. The fourth-order valence-corrected chi connectivity index (χ4v) is 2.21. The highest BCUT2D eigenvalue weighted by Crippen LogP contribution is 2.25. The highest BCUT2D eigenvalue weighted by atomic mass is 15.3. The third-order valence-electron chi connectivity index (χ3n) is 3.44. The maximum Gasteiger partial charge on any atom is 0.104 e. The highest BCUT2D eigenvalue weighted by Gasteiger charge is 2.18. The zero-order valence-corrected chi connectivity index (χ0v) is 12.8. The van der Waals surface area contributed by atoms with Crippen LogP contribution in [-0.4, -0.2) is 22.0 Å².